The summed E-state index contributed by atoms with van der Waals surface area (Å²) in [4.78, 5) is 38.1. The van der Waals surface area contributed by atoms with Gasteiger partial charge >= 0.3 is 0 Å². The van der Waals surface area contributed by atoms with Crippen molar-refractivity contribution in [1.29, 1.82) is 0 Å². The van der Waals surface area contributed by atoms with Gasteiger partial charge in [0.25, 0.3) is 5.56 Å². The number of nitrogens with one attached hydrogen (secondary N) is 1. The first-order valence-electron chi connectivity index (χ1n) is 12.4. The summed E-state index contributed by atoms with van der Waals surface area (Å²) in [5, 5.41) is 3.19. The van der Waals surface area contributed by atoms with Gasteiger partial charge in [0, 0.05) is 30.3 Å². The molecule has 1 unspecified atom stereocenters. The van der Waals surface area contributed by atoms with Crippen molar-refractivity contribution in [1.82, 2.24) is 19.6 Å². The molecule has 2 aromatic carbocycles. The van der Waals surface area contributed by atoms with E-state index in [0.29, 0.717) is 41.4 Å². The second kappa shape index (κ2) is 8.92. The molecule has 0 aliphatic carbocycles. The number of ether oxygens (including phenoxy) is 1. The average Bonchev–Trinajstić information content (AvgIpc) is 3.49. The number of rotatable bonds is 5. The highest BCUT2D eigenvalue weighted by Gasteiger charge is 2.31. The number of para-hydroxylation sites is 1. The minimum absolute atomic E-state index is 0.118. The molecule has 0 saturated carbocycles. The third kappa shape index (κ3) is 3.78. The van der Waals surface area contributed by atoms with Crippen LogP contribution >= 0.6 is 0 Å². The number of aryl methyl sites for hydroxylation is 1. The summed E-state index contributed by atoms with van der Waals surface area (Å²) in [7, 11) is 1.57. The van der Waals surface area contributed by atoms with E-state index in [4.69, 9.17) is 14.1 Å². The topological polar surface area (TPSA) is 106 Å². The van der Waals surface area contributed by atoms with Gasteiger partial charge in [-0.1, -0.05) is 36.4 Å². The van der Waals surface area contributed by atoms with Gasteiger partial charge in [-0.25, -0.2) is 9.97 Å². The van der Waals surface area contributed by atoms with Crippen molar-refractivity contribution in [2.24, 2.45) is 5.92 Å². The molecule has 1 fully saturated rings. The molecular weight excluding hydrogens is 470 g/mol. The predicted octanol–water partition coefficient (Wildman–Crippen LogP) is 4.62. The molecule has 0 spiro atoms. The van der Waals surface area contributed by atoms with Crippen LogP contribution in [0.4, 0.5) is 5.82 Å². The summed E-state index contributed by atoms with van der Waals surface area (Å²) in [6.45, 7) is 4.70. The van der Waals surface area contributed by atoms with Crippen molar-refractivity contribution in [2.45, 2.75) is 26.7 Å². The maximum Gasteiger partial charge on any atom is 0.287 e. The van der Waals surface area contributed by atoms with E-state index in [0.717, 1.165) is 29.7 Å². The van der Waals surface area contributed by atoms with E-state index in [1.54, 1.807) is 26.2 Å². The van der Waals surface area contributed by atoms with E-state index in [-0.39, 0.29) is 28.7 Å². The van der Waals surface area contributed by atoms with Crippen LogP contribution in [0.3, 0.4) is 0 Å². The second-order valence-corrected chi connectivity index (χ2v) is 9.47. The van der Waals surface area contributed by atoms with Crippen molar-refractivity contribution < 1.29 is 13.9 Å². The number of aromatic nitrogens is 4. The van der Waals surface area contributed by atoms with Crippen LogP contribution in [-0.4, -0.2) is 45.6 Å². The molecule has 4 heterocycles. The number of ketones is 1. The van der Waals surface area contributed by atoms with Crippen LogP contribution in [0.2, 0.25) is 0 Å². The minimum Gasteiger partial charge on any atom is -0.494 e. The van der Waals surface area contributed by atoms with Crippen LogP contribution in [0.5, 0.6) is 5.75 Å². The molecule has 1 aliphatic rings. The van der Waals surface area contributed by atoms with E-state index in [1.165, 1.54) is 4.52 Å². The molecule has 0 bridgehead atoms. The molecule has 0 amide bonds. The monoisotopic (exact) mass is 497 g/mol. The zero-order valence-corrected chi connectivity index (χ0v) is 20.9. The van der Waals surface area contributed by atoms with Gasteiger partial charge in [0.15, 0.2) is 16.7 Å². The molecule has 3 aromatic heterocycles. The lowest BCUT2D eigenvalue weighted by Crippen LogP contribution is -2.40. The van der Waals surface area contributed by atoms with E-state index >= 15 is 0 Å². The van der Waals surface area contributed by atoms with Gasteiger partial charge in [-0.05, 0) is 44.4 Å². The zero-order valence-electron chi connectivity index (χ0n) is 20.9. The lowest BCUT2D eigenvalue weighted by atomic mass is 9.94. The molecule has 1 aliphatic heterocycles. The Hall–Kier alpha value is -4.40. The fourth-order valence-electron chi connectivity index (χ4n) is 5.24. The smallest absolute Gasteiger partial charge is 0.287 e. The fraction of sp³-hybridized carbons (Fsp3) is 0.286. The Morgan fingerprint density at radius 1 is 1.11 bits per heavy atom. The molecule has 5 aromatic rings. The minimum atomic E-state index is -0.319. The molecular formula is C28H27N5O4. The molecule has 1 saturated heterocycles. The number of oxazole rings is 1. The SMILES string of the molecule is COc1cccc2oc(-c3c(N4CCCC(C(C)=O)C4)nc4c(-c5ccccc5)c(C)[nH]n4c3=O)nc12. The first kappa shape index (κ1) is 23.0. The van der Waals surface area contributed by atoms with Crippen LogP contribution < -0.4 is 15.2 Å². The average molecular weight is 498 g/mol. The molecule has 9 nitrogen and oxygen atoms in total. The van der Waals surface area contributed by atoms with Crippen LogP contribution in [-0.2, 0) is 4.79 Å². The highest BCUT2D eigenvalue weighted by atomic mass is 16.5. The van der Waals surface area contributed by atoms with E-state index in [1.807, 2.05) is 48.2 Å². The quantitative estimate of drug-likeness (QED) is 0.378. The molecule has 188 valence electrons. The number of carbonyl (C=O) groups is 1. The number of carbonyl (C=O) groups excluding carboxylic acids is 1. The molecule has 37 heavy (non-hydrogen) atoms. The predicted molar refractivity (Wildman–Crippen MR) is 141 cm³/mol. The fourth-order valence-corrected chi connectivity index (χ4v) is 5.24. The first-order valence-corrected chi connectivity index (χ1v) is 12.4. The Bertz CT molecular complexity index is 1700. The third-order valence-corrected chi connectivity index (χ3v) is 7.12. The van der Waals surface area contributed by atoms with E-state index in [9.17, 15) is 9.59 Å². The van der Waals surface area contributed by atoms with Gasteiger partial charge in [-0.2, -0.15) is 4.52 Å². The maximum absolute atomic E-state index is 14.1. The number of methoxy groups -OCH3 is 1. The summed E-state index contributed by atoms with van der Waals surface area (Å²) < 4.78 is 13.0. The summed E-state index contributed by atoms with van der Waals surface area (Å²) >= 11 is 0. The summed E-state index contributed by atoms with van der Waals surface area (Å²) in [5.41, 5.74) is 4.12. The number of anilines is 1. The van der Waals surface area contributed by atoms with Crippen molar-refractivity contribution in [3.05, 3.63) is 64.6 Å². The van der Waals surface area contributed by atoms with Crippen molar-refractivity contribution in [2.75, 3.05) is 25.1 Å². The maximum atomic E-state index is 14.1. The Morgan fingerprint density at radius 3 is 2.68 bits per heavy atom. The number of aromatic amines is 1. The lowest BCUT2D eigenvalue weighted by molar-refractivity contribution is -0.120. The largest absolute Gasteiger partial charge is 0.494 e. The van der Waals surface area contributed by atoms with Crippen molar-refractivity contribution in [3.8, 4) is 28.3 Å². The standard InChI is InChI=1S/C28H27N5O4/c1-16-22(18-9-5-4-6-10-18)26-30-25(32-14-8-11-19(15-32)17(2)34)23(28(35)33(26)31-16)27-29-24-20(36-3)12-7-13-21(24)37-27/h4-7,9-10,12-13,19,31H,8,11,14-15H2,1-3H3. The number of hydrogen-bond acceptors (Lipinski definition) is 7. The lowest BCUT2D eigenvalue weighted by Gasteiger charge is -2.33. The third-order valence-electron chi connectivity index (χ3n) is 7.12. The van der Waals surface area contributed by atoms with Gasteiger partial charge in [0.1, 0.15) is 22.9 Å². The number of benzene rings is 2. The van der Waals surface area contributed by atoms with Crippen LogP contribution in [0, 0.1) is 12.8 Å². The molecule has 0 radical (unpaired) electrons. The van der Waals surface area contributed by atoms with E-state index < -0.39 is 0 Å². The van der Waals surface area contributed by atoms with Gasteiger partial charge in [0.2, 0.25) is 5.89 Å². The highest BCUT2D eigenvalue weighted by Crippen LogP contribution is 2.36. The number of nitrogens with zero attached hydrogens (tertiary/aromatic N) is 4. The Labute approximate surface area is 212 Å². The number of hydrogen-bond donors (Lipinski definition) is 1. The summed E-state index contributed by atoms with van der Waals surface area (Å²) in [5.74, 6) is 1.21. The number of H-pyrrole nitrogens is 1. The first-order chi connectivity index (χ1) is 18.0. The van der Waals surface area contributed by atoms with Gasteiger partial charge < -0.3 is 14.1 Å². The Balaban J connectivity index is 1.64. The molecule has 1 N–H and O–H groups in total. The van der Waals surface area contributed by atoms with Crippen molar-refractivity contribution in [3.63, 3.8) is 0 Å². The molecule has 1 atom stereocenters. The van der Waals surface area contributed by atoms with Crippen LogP contribution in [0.1, 0.15) is 25.5 Å². The van der Waals surface area contributed by atoms with E-state index in [2.05, 4.69) is 10.1 Å². The van der Waals surface area contributed by atoms with Gasteiger partial charge in [0.05, 0.1) is 7.11 Å². The van der Waals surface area contributed by atoms with Crippen LogP contribution in [0.15, 0.2) is 57.7 Å². The summed E-state index contributed by atoms with van der Waals surface area (Å²) in [6, 6.07) is 15.3. The zero-order chi connectivity index (χ0) is 25.7. The number of fused-ring (bicyclic) bond motifs is 2. The number of Topliss-reactive ketones (excluding diaryl/α,β-unsaturated/α-hetero) is 1. The number of piperidine rings is 1. The van der Waals surface area contributed by atoms with Crippen LogP contribution in [0.25, 0.3) is 39.3 Å². The van der Waals surface area contributed by atoms with Crippen molar-refractivity contribution >= 4 is 28.3 Å². The van der Waals surface area contributed by atoms with Gasteiger partial charge in [-0.15, -0.1) is 0 Å². The Kier molecular flexibility index (Phi) is 5.55. The normalized spacial score (nSPS) is 16.0. The second-order valence-electron chi connectivity index (χ2n) is 9.47. The Morgan fingerprint density at radius 2 is 1.92 bits per heavy atom. The van der Waals surface area contributed by atoms with Gasteiger partial charge in [-0.3, -0.25) is 14.7 Å². The summed E-state index contributed by atoms with van der Waals surface area (Å²) in [6.07, 6.45) is 1.64. The molecule has 9 heteroatoms. The molecule has 6 rings (SSSR count). The highest BCUT2D eigenvalue weighted by molar-refractivity contribution is 5.86.